The summed E-state index contributed by atoms with van der Waals surface area (Å²) in [7, 11) is 1.73. The molecule has 5 nitrogen and oxygen atoms in total. The van der Waals surface area contributed by atoms with Gasteiger partial charge in [-0.2, -0.15) is 0 Å². The molecule has 1 aliphatic heterocycles. The minimum absolute atomic E-state index is 0.112. The number of hydrogen-bond acceptors (Lipinski definition) is 4. The van der Waals surface area contributed by atoms with Crippen LogP contribution >= 0.6 is 0 Å². The van der Waals surface area contributed by atoms with Crippen LogP contribution in [-0.4, -0.2) is 67.7 Å². The fourth-order valence-electron chi connectivity index (χ4n) is 4.03. The Labute approximate surface area is 157 Å². The number of carbonyl (C=O) groups is 1. The fraction of sp³-hybridized carbons (Fsp3) is 0.667. The van der Waals surface area contributed by atoms with E-state index in [0.29, 0.717) is 6.04 Å². The van der Waals surface area contributed by atoms with Crippen LogP contribution in [0.1, 0.15) is 44.3 Å². The maximum Gasteiger partial charge on any atom is 0.256 e. The van der Waals surface area contributed by atoms with Gasteiger partial charge in [-0.15, -0.1) is 0 Å². The summed E-state index contributed by atoms with van der Waals surface area (Å²) in [5, 5.41) is 0. The summed E-state index contributed by atoms with van der Waals surface area (Å²) in [6, 6.07) is 10.3. The molecule has 2 fully saturated rings. The van der Waals surface area contributed by atoms with Crippen LogP contribution in [0.3, 0.4) is 0 Å². The monoisotopic (exact) mass is 360 g/mol. The third-order valence-corrected chi connectivity index (χ3v) is 5.62. The lowest BCUT2D eigenvalue weighted by atomic mass is 10.1. The van der Waals surface area contributed by atoms with Crippen molar-refractivity contribution in [2.24, 2.45) is 0 Å². The zero-order valence-electron chi connectivity index (χ0n) is 16.1. The van der Waals surface area contributed by atoms with E-state index >= 15 is 0 Å². The maximum atomic E-state index is 13.3. The second kappa shape index (κ2) is 9.49. The molecule has 1 aromatic rings. The van der Waals surface area contributed by atoms with E-state index in [2.05, 4.69) is 11.8 Å². The number of amides is 1. The van der Waals surface area contributed by atoms with Crippen LogP contribution in [0.2, 0.25) is 0 Å². The largest absolute Gasteiger partial charge is 0.383 e. The van der Waals surface area contributed by atoms with Crippen LogP contribution in [-0.2, 0) is 14.3 Å². The predicted octanol–water partition coefficient (Wildman–Crippen LogP) is 2.87. The summed E-state index contributed by atoms with van der Waals surface area (Å²) in [5.74, 6) is 0.112. The van der Waals surface area contributed by atoms with Crippen molar-refractivity contribution in [1.82, 2.24) is 9.80 Å². The van der Waals surface area contributed by atoms with Crippen LogP contribution in [0.25, 0.3) is 0 Å². The molecule has 144 valence electrons. The average Bonchev–Trinajstić information content (AvgIpc) is 3.18. The Kier molecular flexibility index (Phi) is 7.06. The van der Waals surface area contributed by atoms with Crippen molar-refractivity contribution < 1.29 is 14.3 Å². The van der Waals surface area contributed by atoms with E-state index in [4.69, 9.17) is 9.47 Å². The molecule has 0 spiro atoms. The van der Waals surface area contributed by atoms with E-state index in [9.17, 15) is 4.79 Å². The Balaban J connectivity index is 1.67. The summed E-state index contributed by atoms with van der Waals surface area (Å²) < 4.78 is 11.5. The number of benzene rings is 1. The number of carbonyl (C=O) groups excluding carboxylic acids is 1. The van der Waals surface area contributed by atoms with E-state index in [1.54, 1.807) is 7.11 Å². The lowest BCUT2D eigenvalue weighted by Crippen LogP contribution is -2.55. The first kappa shape index (κ1) is 19.3. The number of piperazine rings is 1. The van der Waals surface area contributed by atoms with Crippen molar-refractivity contribution in [2.45, 2.75) is 50.9 Å². The van der Waals surface area contributed by atoms with Crippen LogP contribution < -0.4 is 0 Å². The highest BCUT2D eigenvalue weighted by molar-refractivity contribution is 5.82. The van der Waals surface area contributed by atoms with Gasteiger partial charge in [0.1, 0.15) is 0 Å². The van der Waals surface area contributed by atoms with E-state index in [0.717, 1.165) is 51.2 Å². The predicted molar refractivity (Wildman–Crippen MR) is 102 cm³/mol. The molecular formula is C21H32N2O3. The highest BCUT2D eigenvalue weighted by Gasteiger charge is 2.34. The van der Waals surface area contributed by atoms with E-state index in [1.165, 1.54) is 12.8 Å². The third kappa shape index (κ3) is 4.84. The van der Waals surface area contributed by atoms with Gasteiger partial charge in [-0.1, -0.05) is 43.2 Å². The topological polar surface area (TPSA) is 42.0 Å². The van der Waals surface area contributed by atoms with E-state index in [-0.39, 0.29) is 12.0 Å². The molecule has 2 atom stereocenters. The Bertz CT molecular complexity index is 560. The molecular weight excluding hydrogens is 328 g/mol. The summed E-state index contributed by atoms with van der Waals surface area (Å²) in [4.78, 5) is 17.7. The number of rotatable bonds is 7. The van der Waals surface area contributed by atoms with Gasteiger partial charge in [0.05, 0.1) is 12.7 Å². The summed E-state index contributed by atoms with van der Waals surface area (Å²) in [6.45, 7) is 6.23. The van der Waals surface area contributed by atoms with Gasteiger partial charge in [0, 0.05) is 39.3 Å². The first-order valence-corrected chi connectivity index (χ1v) is 9.91. The summed E-state index contributed by atoms with van der Waals surface area (Å²) >= 11 is 0. The Hall–Kier alpha value is -1.43. The molecule has 1 saturated carbocycles. The Morgan fingerprint density at radius 3 is 2.58 bits per heavy atom. The molecule has 0 unspecified atom stereocenters. The van der Waals surface area contributed by atoms with Crippen molar-refractivity contribution >= 4 is 5.91 Å². The maximum absolute atomic E-state index is 13.3. The fourth-order valence-corrected chi connectivity index (χ4v) is 4.03. The number of hydrogen-bond donors (Lipinski definition) is 0. The Morgan fingerprint density at radius 1 is 1.19 bits per heavy atom. The molecule has 1 saturated heterocycles. The average molecular weight is 360 g/mol. The molecule has 1 amide bonds. The second-order valence-corrected chi connectivity index (χ2v) is 7.50. The molecule has 0 radical (unpaired) electrons. The molecule has 0 bridgehead atoms. The van der Waals surface area contributed by atoms with Gasteiger partial charge in [-0.3, -0.25) is 9.69 Å². The van der Waals surface area contributed by atoms with Crippen LogP contribution in [0.5, 0.6) is 0 Å². The highest BCUT2D eigenvalue weighted by atomic mass is 16.5. The van der Waals surface area contributed by atoms with Crippen molar-refractivity contribution in [1.29, 1.82) is 0 Å². The van der Waals surface area contributed by atoms with Crippen molar-refractivity contribution in [3.05, 3.63) is 35.9 Å². The molecule has 3 rings (SSSR count). The first-order chi connectivity index (χ1) is 12.7. The van der Waals surface area contributed by atoms with Crippen LogP contribution in [0.4, 0.5) is 0 Å². The number of nitrogens with zero attached hydrogens (tertiary/aromatic N) is 2. The molecule has 0 aromatic heterocycles. The SMILES string of the molecule is COCCN1CCN(C(=O)[C@H](OC2CCCC2)c2ccccc2)C[C@@H]1C. The smallest absolute Gasteiger partial charge is 0.256 e. The van der Waals surface area contributed by atoms with Crippen molar-refractivity contribution in [3.63, 3.8) is 0 Å². The summed E-state index contributed by atoms with van der Waals surface area (Å²) in [6.07, 6.45) is 4.28. The number of ether oxygens (including phenoxy) is 2. The van der Waals surface area contributed by atoms with Gasteiger partial charge in [-0.05, 0) is 25.3 Å². The van der Waals surface area contributed by atoms with Gasteiger partial charge in [0.25, 0.3) is 5.91 Å². The molecule has 0 N–H and O–H groups in total. The standard InChI is InChI=1S/C21H32N2O3/c1-17-16-23(13-12-22(17)14-15-25-2)21(24)20(18-8-4-3-5-9-18)26-19-10-6-7-11-19/h3-5,8-9,17,19-20H,6-7,10-16H2,1-2H3/t17-,20+/m0/s1. The van der Waals surface area contributed by atoms with E-state index in [1.807, 2.05) is 35.2 Å². The molecule has 1 aromatic carbocycles. The Morgan fingerprint density at radius 2 is 1.92 bits per heavy atom. The van der Waals surface area contributed by atoms with Crippen LogP contribution in [0, 0.1) is 0 Å². The third-order valence-electron chi connectivity index (χ3n) is 5.62. The summed E-state index contributed by atoms with van der Waals surface area (Å²) in [5.41, 5.74) is 0.971. The zero-order valence-corrected chi connectivity index (χ0v) is 16.1. The second-order valence-electron chi connectivity index (χ2n) is 7.50. The highest BCUT2D eigenvalue weighted by Crippen LogP contribution is 2.29. The van der Waals surface area contributed by atoms with Gasteiger partial charge in [-0.25, -0.2) is 0 Å². The quantitative estimate of drug-likeness (QED) is 0.750. The molecule has 1 heterocycles. The first-order valence-electron chi connectivity index (χ1n) is 9.91. The van der Waals surface area contributed by atoms with Gasteiger partial charge in [0.2, 0.25) is 0 Å². The van der Waals surface area contributed by atoms with Crippen LogP contribution in [0.15, 0.2) is 30.3 Å². The molecule has 1 aliphatic carbocycles. The molecule has 2 aliphatic rings. The zero-order chi connectivity index (χ0) is 18.4. The lowest BCUT2D eigenvalue weighted by Gasteiger charge is -2.41. The van der Waals surface area contributed by atoms with Crippen molar-refractivity contribution in [2.75, 3.05) is 39.9 Å². The van der Waals surface area contributed by atoms with Gasteiger partial charge >= 0.3 is 0 Å². The normalized spacial score (nSPS) is 23.3. The molecule has 26 heavy (non-hydrogen) atoms. The minimum Gasteiger partial charge on any atom is -0.383 e. The van der Waals surface area contributed by atoms with E-state index < -0.39 is 6.10 Å². The minimum atomic E-state index is -0.475. The number of methoxy groups -OCH3 is 1. The molecule has 5 heteroatoms. The van der Waals surface area contributed by atoms with Gasteiger partial charge < -0.3 is 14.4 Å². The van der Waals surface area contributed by atoms with Crippen molar-refractivity contribution in [3.8, 4) is 0 Å². The lowest BCUT2D eigenvalue weighted by molar-refractivity contribution is -0.151. The van der Waals surface area contributed by atoms with Gasteiger partial charge in [0.15, 0.2) is 6.10 Å².